The van der Waals surface area contributed by atoms with E-state index in [1.54, 1.807) is 49.0 Å². The molecule has 0 radical (unpaired) electrons. The Kier molecular flexibility index (Phi) is 6.97. The fourth-order valence-corrected chi connectivity index (χ4v) is 5.46. The minimum Gasteiger partial charge on any atom is -0.369 e. The Morgan fingerprint density at radius 2 is 1.34 bits per heavy atom. The third-order valence-corrected chi connectivity index (χ3v) is 8.04. The number of amides is 3. The van der Waals surface area contributed by atoms with Crippen LogP contribution in [0.4, 0.5) is 0 Å². The lowest BCUT2D eigenvalue weighted by Gasteiger charge is -2.13. The summed E-state index contributed by atoms with van der Waals surface area (Å²) in [5.74, 6) is 9.89. The number of aliphatic hydroxyl groups is 2. The van der Waals surface area contributed by atoms with Gasteiger partial charge < -0.3 is 25.7 Å². The number of benzene rings is 2. The van der Waals surface area contributed by atoms with E-state index in [1.165, 1.54) is 9.80 Å². The summed E-state index contributed by atoms with van der Waals surface area (Å²) in [6, 6.07) is 18.3. The van der Waals surface area contributed by atoms with E-state index in [4.69, 9.17) is 5.73 Å². The smallest absolute Gasteiger partial charge is 0.285 e. The molecule has 2 atom stereocenters. The number of hydrogen-bond acceptors (Lipinski definition) is 6. The van der Waals surface area contributed by atoms with Gasteiger partial charge in [-0.25, -0.2) is 4.98 Å². The van der Waals surface area contributed by atoms with Gasteiger partial charge >= 0.3 is 0 Å². The summed E-state index contributed by atoms with van der Waals surface area (Å²) in [6.07, 6.45) is 2.20. The molecular formula is C34H29N5O5. The molecule has 2 aromatic carbocycles. The number of hydrogen-bond donors (Lipinski definition) is 3. The summed E-state index contributed by atoms with van der Waals surface area (Å²) in [6.45, 7) is 0.873. The number of primary amides is 1. The Morgan fingerprint density at radius 3 is 1.86 bits per heavy atom. The first kappa shape index (κ1) is 28.7. The van der Waals surface area contributed by atoms with E-state index in [2.05, 4.69) is 28.7 Å². The molecule has 0 bridgehead atoms. The second-order valence-electron chi connectivity index (χ2n) is 11.2. The van der Waals surface area contributed by atoms with Gasteiger partial charge in [0.2, 0.25) is 17.0 Å². The third kappa shape index (κ3) is 5.07. The van der Waals surface area contributed by atoms with Gasteiger partial charge in [-0.15, -0.1) is 0 Å². The van der Waals surface area contributed by atoms with Crippen LogP contribution in [0.5, 0.6) is 0 Å². The number of likely N-dealkylation sites (tertiary alicyclic amines) is 2. The quantitative estimate of drug-likeness (QED) is 0.312. The molecule has 2 aliphatic heterocycles. The predicted molar refractivity (Wildman–Crippen MR) is 163 cm³/mol. The molecule has 2 fully saturated rings. The minimum absolute atomic E-state index is 0.0611. The highest BCUT2D eigenvalue weighted by Crippen LogP contribution is 2.30. The number of nitrogens with zero attached hydrogens (tertiary/aromatic N) is 4. The van der Waals surface area contributed by atoms with E-state index in [-0.39, 0.29) is 18.7 Å². The summed E-state index contributed by atoms with van der Waals surface area (Å²) >= 11 is 0. The van der Waals surface area contributed by atoms with E-state index >= 15 is 0 Å². The standard InChI is InChI=1S/C34H29N5O5/c1-37-17-14-33(43,31(37)41)12-9-22-5-3-7-24(19-22)25-11-16-39-27(21-25)28(36-30(39)29(35)40)26-8-4-6-23(20-26)10-13-34(44)15-18-38(2)32(34)42/h3-8,11,16,19-21,43-44H,14-15,17-18H2,1-2H3,(H2,35,40)/t33-,34-/m0/s1. The first-order valence-electron chi connectivity index (χ1n) is 14.0. The Morgan fingerprint density at radius 1 is 0.818 bits per heavy atom. The van der Waals surface area contributed by atoms with Gasteiger partial charge in [-0.1, -0.05) is 47.9 Å². The summed E-state index contributed by atoms with van der Waals surface area (Å²) in [5.41, 5.74) is 6.88. The van der Waals surface area contributed by atoms with Crippen molar-refractivity contribution in [1.29, 1.82) is 0 Å². The number of rotatable bonds is 3. The highest BCUT2D eigenvalue weighted by molar-refractivity contribution is 5.94. The van der Waals surface area contributed by atoms with Gasteiger partial charge in [0.15, 0.2) is 0 Å². The summed E-state index contributed by atoms with van der Waals surface area (Å²) in [5, 5.41) is 21.4. The van der Waals surface area contributed by atoms with Gasteiger partial charge in [0, 0.05) is 62.9 Å². The van der Waals surface area contributed by atoms with Crippen LogP contribution in [0.3, 0.4) is 0 Å². The van der Waals surface area contributed by atoms with E-state index < -0.39 is 28.9 Å². The lowest BCUT2D eigenvalue weighted by atomic mass is 10.00. The van der Waals surface area contributed by atoms with Crippen molar-refractivity contribution in [2.24, 2.45) is 5.73 Å². The van der Waals surface area contributed by atoms with Crippen LogP contribution in [0.1, 0.15) is 34.6 Å². The molecule has 0 spiro atoms. The zero-order valence-corrected chi connectivity index (χ0v) is 24.2. The molecule has 2 saturated heterocycles. The van der Waals surface area contributed by atoms with Crippen molar-refractivity contribution in [3.63, 3.8) is 0 Å². The van der Waals surface area contributed by atoms with Crippen LogP contribution in [0.15, 0.2) is 66.9 Å². The van der Waals surface area contributed by atoms with E-state index in [9.17, 15) is 24.6 Å². The molecule has 3 amide bonds. The van der Waals surface area contributed by atoms with Crippen molar-refractivity contribution in [1.82, 2.24) is 19.2 Å². The first-order valence-corrected chi connectivity index (χ1v) is 14.0. The summed E-state index contributed by atoms with van der Waals surface area (Å²) < 4.78 is 1.62. The van der Waals surface area contributed by atoms with Crippen molar-refractivity contribution in [2.75, 3.05) is 27.2 Å². The lowest BCUT2D eigenvalue weighted by molar-refractivity contribution is -0.138. The number of likely N-dealkylation sites (N-methyl/N-ethyl adjacent to an activating group) is 2. The van der Waals surface area contributed by atoms with Gasteiger partial charge in [-0.05, 0) is 47.5 Å². The van der Waals surface area contributed by atoms with Crippen LogP contribution in [0.25, 0.3) is 27.9 Å². The first-order chi connectivity index (χ1) is 21.0. The second-order valence-corrected chi connectivity index (χ2v) is 11.2. The number of pyridine rings is 1. The lowest BCUT2D eigenvalue weighted by Crippen LogP contribution is -2.37. The zero-order valence-electron chi connectivity index (χ0n) is 24.2. The largest absolute Gasteiger partial charge is 0.369 e. The van der Waals surface area contributed by atoms with Gasteiger partial charge in [-0.3, -0.25) is 18.8 Å². The molecule has 4 N–H and O–H groups in total. The number of imidazole rings is 1. The van der Waals surface area contributed by atoms with E-state index in [0.717, 1.165) is 11.1 Å². The van der Waals surface area contributed by atoms with Crippen LogP contribution in [-0.2, 0) is 9.59 Å². The molecule has 6 rings (SSSR count). The Bertz CT molecular complexity index is 1990. The predicted octanol–water partition coefficient (Wildman–Crippen LogP) is 1.66. The van der Waals surface area contributed by atoms with Crippen LogP contribution in [0.2, 0.25) is 0 Å². The van der Waals surface area contributed by atoms with Crippen LogP contribution in [0, 0.1) is 23.7 Å². The maximum Gasteiger partial charge on any atom is 0.285 e. The highest BCUT2D eigenvalue weighted by Gasteiger charge is 2.43. The molecule has 0 unspecified atom stereocenters. The average molecular weight is 588 g/mol. The Labute approximate surface area is 253 Å². The number of carbonyl (C=O) groups excluding carboxylic acids is 3. The maximum absolute atomic E-state index is 12.3. The van der Waals surface area contributed by atoms with E-state index in [0.29, 0.717) is 41.0 Å². The molecule has 10 heteroatoms. The third-order valence-electron chi connectivity index (χ3n) is 8.04. The topological polar surface area (TPSA) is 141 Å². The molecule has 10 nitrogen and oxygen atoms in total. The van der Waals surface area contributed by atoms with Crippen molar-refractivity contribution >= 4 is 23.2 Å². The van der Waals surface area contributed by atoms with Crippen LogP contribution < -0.4 is 5.73 Å². The van der Waals surface area contributed by atoms with Crippen molar-refractivity contribution in [3.8, 4) is 46.1 Å². The highest BCUT2D eigenvalue weighted by atomic mass is 16.3. The molecule has 220 valence electrons. The molecular weight excluding hydrogens is 558 g/mol. The van der Waals surface area contributed by atoms with E-state index in [1.807, 2.05) is 36.4 Å². The normalized spacial score (nSPS) is 21.3. The summed E-state index contributed by atoms with van der Waals surface area (Å²) in [7, 11) is 3.26. The second kappa shape index (κ2) is 10.7. The molecule has 44 heavy (non-hydrogen) atoms. The van der Waals surface area contributed by atoms with Gasteiger partial charge in [0.1, 0.15) is 0 Å². The molecule has 2 aromatic heterocycles. The molecule has 0 saturated carbocycles. The molecule has 4 heterocycles. The van der Waals surface area contributed by atoms with Crippen LogP contribution >= 0.6 is 0 Å². The van der Waals surface area contributed by atoms with Crippen molar-refractivity contribution < 1.29 is 24.6 Å². The zero-order chi connectivity index (χ0) is 31.2. The molecule has 4 aromatic rings. The Hall–Kier alpha value is -5.42. The monoisotopic (exact) mass is 587 g/mol. The average Bonchev–Trinajstić information content (AvgIpc) is 3.63. The van der Waals surface area contributed by atoms with Gasteiger partial charge in [0.25, 0.3) is 17.7 Å². The van der Waals surface area contributed by atoms with Gasteiger partial charge in [-0.2, -0.15) is 0 Å². The van der Waals surface area contributed by atoms with Crippen molar-refractivity contribution in [2.45, 2.75) is 24.0 Å². The SMILES string of the molecule is CN1CC[C@@](O)(C#Cc2cccc(-c3ccn4c(C(N)=O)nc(-c5cccc(C#C[C@]6(O)CCN(C)C6=O)c5)c4c3)c2)C1=O. The number of aromatic nitrogens is 2. The maximum atomic E-state index is 12.3. The molecule has 2 aliphatic rings. The number of fused-ring (bicyclic) bond motifs is 1. The van der Waals surface area contributed by atoms with Gasteiger partial charge in [0.05, 0.1) is 11.2 Å². The van der Waals surface area contributed by atoms with Crippen molar-refractivity contribution in [3.05, 3.63) is 83.8 Å². The minimum atomic E-state index is -1.72. The Balaban J connectivity index is 1.38. The number of nitrogens with two attached hydrogens (primary N) is 1. The van der Waals surface area contributed by atoms with Crippen LogP contribution in [-0.4, -0.2) is 85.5 Å². The fraction of sp³-hybridized carbons (Fsp3) is 0.235. The number of carbonyl (C=O) groups is 3. The summed E-state index contributed by atoms with van der Waals surface area (Å²) in [4.78, 5) is 44.4. The molecule has 0 aliphatic carbocycles. The fourth-order valence-electron chi connectivity index (χ4n) is 5.46.